The van der Waals surface area contributed by atoms with Crippen LogP contribution in [0.3, 0.4) is 0 Å². The van der Waals surface area contributed by atoms with Crippen molar-refractivity contribution in [2.24, 2.45) is 11.7 Å². The van der Waals surface area contributed by atoms with Crippen molar-refractivity contribution in [2.45, 2.75) is 46.0 Å². The molecule has 0 aromatic heterocycles. The molecule has 0 saturated carbocycles. The lowest BCUT2D eigenvalue weighted by Gasteiger charge is -2.17. The highest BCUT2D eigenvalue weighted by Crippen LogP contribution is 2.06. The SMILES string of the molecule is CC(C)CCC(=O)N(C)CCCCCN. The number of rotatable bonds is 8. The summed E-state index contributed by atoms with van der Waals surface area (Å²) < 4.78 is 0. The summed E-state index contributed by atoms with van der Waals surface area (Å²) >= 11 is 0. The third-order valence-electron chi connectivity index (χ3n) is 2.56. The predicted octanol–water partition coefficient (Wildman–Crippen LogP) is 2.01. The summed E-state index contributed by atoms with van der Waals surface area (Å²) in [6.45, 7) is 5.92. The first-order chi connectivity index (χ1) is 7.07. The summed E-state index contributed by atoms with van der Waals surface area (Å²) in [5.74, 6) is 0.885. The van der Waals surface area contributed by atoms with Crippen LogP contribution < -0.4 is 5.73 Å². The van der Waals surface area contributed by atoms with Crippen LogP contribution in [0.25, 0.3) is 0 Å². The van der Waals surface area contributed by atoms with Crippen LogP contribution in [0.5, 0.6) is 0 Å². The highest BCUT2D eigenvalue weighted by atomic mass is 16.2. The molecule has 0 aromatic carbocycles. The lowest BCUT2D eigenvalue weighted by molar-refractivity contribution is -0.130. The molecule has 0 unspecified atom stereocenters. The van der Waals surface area contributed by atoms with E-state index < -0.39 is 0 Å². The monoisotopic (exact) mass is 214 g/mol. The van der Waals surface area contributed by atoms with Crippen molar-refractivity contribution in [3.63, 3.8) is 0 Å². The lowest BCUT2D eigenvalue weighted by atomic mass is 10.1. The van der Waals surface area contributed by atoms with Gasteiger partial charge in [0.1, 0.15) is 0 Å². The number of carbonyl (C=O) groups is 1. The van der Waals surface area contributed by atoms with Gasteiger partial charge < -0.3 is 10.6 Å². The zero-order chi connectivity index (χ0) is 11.7. The van der Waals surface area contributed by atoms with E-state index in [2.05, 4.69) is 13.8 Å². The zero-order valence-electron chi connectivity index (χ0n) is 10.5. The Bertz CT molecular complexity index is 169. The summed E-state index contributed by atoms with van der Waals surface area (Å²) in [5.41, 5.74) is 5.41. The molecule has 0 bridgehead atoms. The van der Waals surface area contributed by atoms with Gasteiger partial charge in [0, 0.05) is 20.0 Å². The topological polar surface area (TPSA) is 46.3 Å². The van der Waals surface area contributed by atoms with Crippen LogP contribution in [0.4, 0.5) is 0 Å². The molecule has 0 aliphatic rings. The number of unbranched alkanes of at least 4 members (excludes halogenated alkanes) is 2. The molecule has 0 aliphatic heterocycles. The maximum Gasteiger partial charge on any atom is 0.222 e. The Kier molecular flexibility index (Phi) is 8.38. The quantitative estimate of drug-likeness (QED) is 0.628. The molecule has 0 rings (SSSR count). The van der Waals surface area contributed by atoms with E-state index in [1.807, 2.05) is 11.9 Å². The van der Waals surface area contributed by atoms with Crippen LogP contribution in [-0.2, 0) is 4.79 Å². The fourth-order valence-corrected chi connectivity index (χ4v) is 1.40. The first kappa shape index (κ1) is 14.4. The molecule has 3 heteroatoms. The van der Waals surface area contributed by atoms with E-state index in [0.717, 1.165) is 38.8 Å². The number of hydrogen-bond donors (Lipinski definition) is 1. The van der Waals surface area contributed by atoms with Gasteiger partial charge in [0.15, 0.2) is 0 Å². The maximum absolute atomic E-state index is 11.6. The second kappa shape index (κ2) is 8.72. The van der Waals surface area contributed by atoms with Crippen LogP contribution in [0, 0.1) is 5.92 Å². The van der Waals surface area contributed by atoms with E-state index in [-0.39, 0.29) is 5.91 Å². The normalized spacial score (nSPS) is 10.7. The van der Waals surface area contributed by atoms with E-state index in [1.165, 1.54) is 0 Å². The van der Waals surface area contributed by atoms with Crippen molar-refractivity contribution in [1.29, 1.82) is 0 Å². The van der Waals surface area contributed by atoms with Gasteiger partial charge >= 0.3 is 0 Å². The van der Waals surface area contributed by atoms with Crippen molar-refractivity contribution >= 4 is 5.91 Å². The Balaban J connectivity index is 3.51. The number of nitrogens with two attached hydrogens (primary N) is 1. The molecular formula is C12H26N2O. The van der Waals surface area contributed by atoms with Gasteiger partial charge in [0.2, 0.25) is 5.91 Å². The van der Waals surface area contributed by atoms with Crippen LogP contribution in [-0.4, -0.2) is 30.9 Å². The van der Waals surface area contributed by atoms with Gasteiger partial charge in [0.05, 0.1) is 0 Å². The molecule has 0 atom stereocenters. The highest BCUT2D eigenvalue weighted by Gasteiger charge is 2.08. The summed E-state index contributed by atoms with van der Waals surface area (Å²) in [4.78, 5) is 13.5. The second-order valence-electron chi connectivity index (χ2n) is 4.60. The predicted molar refractivity (Wildman–Crippen MR) is 64.6 cm³/mol. The van der Waals surface area contributed by atoms with E-state index in [1.54, 1.807) is 0 Å². The van der Waals surface area contributed by atoms with Gasteiger partial charge in [-0.05, 0) is 31.7 Å². The van der Waals surface area contributed by atoms with Crippen LogP contribution in [0.2, 0.25) is 0 Å². The largest absolute Gasteiger partial charge is 0.346 e. The van der Waals surface area contributed by atoms with Gasteiger partial charge in [-0.2, -0.15) is 0 Å². The molecule has 3 nitrogen and oxygen atoms in total. The van der Waals surface area contributed by atoms with E-state index in [0.29, 0.717) is 12.3 Å². The van der Waals surface area contributed by atoms with Crippen molar-refractivity contribution in [3.8, 4) is 0 Å². The molecule has 1 amide bonds. The minimum atomic E-state index is 0.274. The van der Waals surface area contributed by atoms with Crippen LogP contribution >= 0.6 is 0 Å². The summed E-state index contributed by atoms with van der Waals surface area (Å²) in [6, 6.07) is 0. The highest BCUT2D eigenvalue weighted by molar-refractivity contribution is 5.75. The molecule has 0 aliphatic carbocycles. The van der Waals surface area contributed by atoms with E-state index >= 15 is 0 Å². The average Bonchev–Trinajstić information content (AvgIpc) is 2.20. The standard InChI is InChI=1S/C12H26N2O/c1-11(2)7-8-12(15)14(3)10-6-4-5-9-13/h11H,4-10,13H2,1-3H3. The van der Waals surface area contributed by atoms with Gasteiger partial charge in [-0.25, -0.2) is 0 Å². The molecule has 0 saturated heterocycles. The minimum absolute atomic E-state index is 0.274. The number of amides is 1. The maximum atomic E-state index is 11.6. The zero-order valence-corrected chi connectivity index (χ0v) is 10.5. The van der Waals surface area contributed by atoms with Crippen molar-refractivity contribution in [2.75, 3.05) is 20.1 Å². The average molecular weight is 214 g/mol. The molecule has 0 spiro atoms. The Hall–Kier alpha value is -0.570. The molecule has 0 fully saturated rings. The van der Waals surface area contributed by atoms with E-state index in [9.17, 15) is 4.79 Å². The third-order valence-corrected chi connectivity index (χ3v) is 2.56. The third kappa shape index (κ3) is 8.43. The van der Waals surface area contributed by atoms with Crippen molar-refractivity contribution < 1.29 is 4.79 Å². The lowest BCUT2D eigenvalue weighted by Crippen LogP contribution is -2.27. The Labute approximate surface area is 94.0 Å². The summed E-state index contributed by atoms with van der Waals surface area (Å²) in [5, 5.41) is 0. The fourth-order valence-electron chi connectivity index (χ4n) is 1.40. The summed E-state index contributed by atoms with van der Waals surface area (Å²) in [7, 11) is 1.89. The first-order valence-corrected chi connectivity index (χ1v) is 6.02. The van der Waals surface area contributed by atoms with Gasteiger partial charge in [-0.1, -0.05) is 20.3 Å². The van der Waals surface area contributed by atoms with Gasteiger partial charge in [-0.15, -0.1) is 0 Å². The fraction of sp³-hybridized carbons (Fsp3) is 0.917. The first-order valence-electron chi connectivity index (χ1n) is 6.02. The van der Waals surface area contributed by atoms with Crippen LogP contribution in [0.15, 0.2) is 0 Å². The van der Waals surface area contributed by atoms with Gasteiger partial charge in [-0.3, -0.25) is 4.79 Å². The van der Waals surface area contributed by atoms with Gasteiger partial charge in [0.25, 0.3) is 0 Å². The molecule has 0 heterocycles. The molecule has 90 valence electrons. The Morgan fingerprint density at radius 3 is 2.47 bits per heavy atom. The smallest absolute Gasteiger partial charge is 0.222 e. The van der Waals surface area contributed by atoms with E-state index in [4.69, 9.17) is 5.73 Å². The molecular weight excluding hydrogens is 188 g/mol. The Morgan fingerprint density at radius 2 is 1.93 bits per heavy atom. The summed E-state index contributed by atoms with van der Waals surface area (Å²) in [6.07, 6.45) is 4.93. The number of nitrogens with zero attached hydrogens (tertiary/aromatic N) is 1. The second-order valence-corrected chi connectivity index (χ2v) is 4.60. The molecule has 0 aromatic rings. The molecule has 15 heavy (non-hydrogen) atoms. The Morgan fingerprint density at radius 1 is 1.27 bits per heavy atom. The molecule has 2 N–H and O–H groups in total. The van der Waals surface area contributed by atoms with Crippen molar-refractivity contribution in [1.82, 2.24) is 4.90 Å². The van der Waals surface area contributed by atoms with Crippen LogP contribution in [0.1, 0.15) is 46.0 Å². The number of hydrogen-bond acceptors (Lipinski definition) is 2. The minimum Gasteiger partial charge on any atom is -0.346 e. The number of carbonyl (C=O) groups excluding carboxylic acids is 1. The van der Waals surface area contributed by atoms with Crippen molar-refractivity contribution in [3.05, 3.63) is 0 Å². The molecule has 0 radical (unpaired) electrons.